The fraction of sp³-hybridized carbons (Fsp3) is 0.310. The SMILES string of the molecule is Cc1cc(-c2ccc(NS(=O)(=O)c3ccc#cc3C#N)c(F)c2)nc2cnc(NC3CCC(N(C)C)CC3)nc12. The lowest BCUT2D eigenvalue weighted by atomic mass is 9.91. The lowest BCUT2D eigenvalue weighted by Crippen LogP contribution is -2.36. The van der Waals surface area contributed by atoms with Crippen molar-refractivity contribution in [1.29, 1.82) is 5.26 Å². The van der Waals surface area contributed by atoms with E-state index in [2.05, 4.69) is 51.1 Å². The number of rotatable bonds is 7. The van der Waals surface area contributed by atoms with Gasteiger partial charge >= 0.3 is 0 Å². The maximum atomic E-state index is 15.1. The summed E-state index contributed by atoms with van der Waals surface area (Å²) in [6.07, 6.45) is 6.03. The molecular formula is C29H28FN7O2S. The summed E-state index contributed by atoms with van der Waals surface area (Å²) in [6.45, 7) is 1.91. The molecule has 0 atom stereocenters. The fourth-order valence-corrected chi connectivity index (χ4v) is 6.14. The predicted molar refractivity (Wildman–Crippen MR) is 150 cm³/mol. The van der Waals surface area contributed by atoms with Crippen LogP contribution in [0.15, 0.2) is 47.5 Å². The van der Waals surface area contributed by atoms with Crippen molar-refractivity contribution >= 4 is 32.7 Å². The third-order valence-electron chi connectivity index (χ3n) is 7.17. The lowest BCUT2D eigenvalue weighted by molar-refractivity contribution is 0.221. The first kappa shape index (κ1) is 27.3. The standard InChI is InChI=1S/C29H28FN7O2S/c1-18-14-25(34-26-17-32-29(35-28(18)26)33-21-9-11-22(12-10-21)37(2)3)19-8-13-24(23(30)15-19)36-40(38,39)27-7-5-4-6-20(27)16-31/h5,7-8,13-15,17,21-22,36H,9-12H2,1-3H3,(H,32,33,35). The number of anilines is 2. The summed E-state index contributed by atoms with van der Waals surface area (Å²) in [5.74, 6) is -0.222. The van der Waals surface area contributed by atoms with Crippen molar-refractivity contribution in [1.82, 2.24) is 19.9 Å². The average Bonchev–Trinajstić information content (AvgIpc) is 2.94. The van der Waals surface area contributed by atoms with Crippen molar-refractivity contribution in [3.63, 3.8) is 0 Å². The maximum absolute atomic E-state index is 15.1. The van der Waals surface area contributed by atoms with Crippen LogP contribution in [0.25, 0.3) is 22.3 Å². The van der Waals surface area contributed by atoms with Crippen molar-refractivity contribution in [3.8, 4) is 17.3 Å². The Balaban J connectivity index is 1.35. The zero-order valence-electron chi connectivity index (χ0n) is 22.4. The number of aromatic nitrogens is 3. The van der Waals surface area contributed by atoms with Gasteiger partial charge in [0.2, 0.25) is 5.95 Å². The van der Waals surface area contributed by atoms with Gasteiger partial charge in [0.15, 0.2) is 0 Å². The summed E-state index contributed by atoms with van der Waals surface area (Å²) in [4.78, 5) is 15.8. The smallest absolute Gasteiger partial charge is 0.263 e. The maximum Gasteiger partial charge on any atom is 0.263 e. The van der Waals surface area contributed by atoms with Crippen LogP contribution in [0.1, 0.15) is 36.8 Å². The normalized spacial score (nSPS) is 17.3. The van der Waals surface area contributed by atoms with Crippen molar-refractivity contribution in [3.05, 3.63) is 71.7 Å². The molecule has 1 aliphatic rings. The van der Waals surface area contributed by atoms with Crippen LogP contribution in [0.5, 0.6) is 0 Å². The number of nitrogens with zero attached hydrogens (tertiary/aromatic N) is 5. The number of halogens is 1. The van der Waals surface area contributed by atoms with Gasteiger partial charge in [0.25, 0.3) is 10.0 Å². The van der Waals surface area contributed by atoms with Gasteiger partial charge in [-0.3, -0.25) is 4.72 Å². The molecule has 2 N–H and O–H groups in total. The van der Waals surface area contributed by atoms with E-state index in [1.54, 1.807) is 18.3 Å². The van der Waals surface area contributed by atoms with E-state index in [4.69, 9.17) is 4.98 Å². The van der Waals surface area contributed by atoms with E-state index in [0.717, 1.165) is 31.2 Å². The minimum Gasteiger partial charge on any atom is -0.351 e. The second-order valence-electron chi connectivity index (χ2n) is 10.1. The van der Waals surface area contributed by atoms with Crippen molar-refractivity contribution in [2.75, 3.05) is 24.1 Å². The highest BCUT2D eigenvalue weighted by Crippen LogP contribution is 2.29. The summed E-state index contributed by atoms with van der Waals surface area (Å²) < 4.78 is 42.8. The van der Waals surface area contributed by atoms with Gasteiger partial charge in [-0.1, -0.05) is 12.1 Å². The van der Waals surface area contributed by atoms with Crippen LogP contribution in [-0.4, -0.2) is 54.4 Å². The third-order valence-corrected chi connectivity index (χ3v) is 8.58. The quantitative estimate of drug-likeness (QED) is 0.335. The van der Waals surface area contributed by atoms with Gasteiger partial charge in [0.05, 0.1) is 23.1 Å². The second-order valence-corrected chi connectivity index (χ2v) is 11.8. The monoisotopic (exact) mass is 557 g/mol. The van der Waals surface area contributed by atoms with E-state index in [0.29, 0.717) is 40.3 Å². The minimum absolute atomic E-state index is 0.208. The largest absolute Gasteiger partial charge is 0.351 e. The van der Waals surface area contributed by atoms with E-state index in [1.807, 2.05) is 13.0 Å². The fourth-order valence-electron chi connectivity index (χ4n) is 4.96. The van der Waals surface area contributed by atoms with Crippen LogP contribution >= 0.6 is 0 Å². The Kier molecular flexibility index (Phi) is 7.53. The zero-order valence-corrected chi connectivity index (χ0v) is 23.2. The molecule has 0 saturated heterocycles. The molecule has 2 aromatic carbocycles. The molecule has 11 heteroatoms. The molecule has 0 radical (unpaired) electrons. The molecule has 0 unspecified atom stereocenters. The Morgan fingerprint density at radius 2 is 1.90 bits per heavy atom. The lowest BCUT2D eigenvalue weighted by Gasteiger charge is -2.32. The molecule has 0 amide bonds. The Hall–Kier alpha value is -4.32. The van der Waals surface area contributed by atoms with E-state index in [9.17, 15) is 13.7 Å². The van der Waals surface area contributed by atoms with E-state index >= 15 is 4.39 Å². The number of pyridine rings is 1. The van der Waals surface area contributed by atoms with E-state index < -0.39 is 15.8 Å². The number of sulfonamides is 1. The average molecular weight is 558 g/mol. The molecule has 2 heterocycles. The molecule has 9 nitrogen and oxygen atoms in total. The van der Waals surface area contributed by atoms with Crippen molar-refractivity contribution in [2.24, 2.45) is 0 Å². The summed E-state index contributed by atoms with van der Waals surface area (Å²) >= 11 is 0. The number of fused-ring (bicyclic) bond motifs is 1. The highest BCUT2D eigenvalue weighted by molar-refractivity contribution is 7.92. The van der Waals surface area contributed by atoms with Crippen LogP contribution in [0.2, 0.25) is 0 Å². The molecule has 0 aliphatic heterocycles. The molecule has 2 aromatic heterocycles. The van der Waals surface area contributed by atoms with E-state index in [1.165, 1.54) is 24.3 Å². The summed E-state index contributed by atoms with van der Waals surface area (Å²) in [5.41, 5.74) is 2.64. The number of hydrogen-bond donors (Lipinski definition) is 2. The number of hydrogen-bond acceptors (Lipinski definition) is 8. The van der Waals surface area contributed by atoms with Gasteiger partial charge in [-0.05, 0) is 88.7 Å². The van der Waals surface area contributed by atoms with E-state index in [-0.39, 0.29) is 16.1 Å². The van der Waals surface area contributed by atoms with Crippen LogP contribution in [-0.2, 0) is 10.0 Å². The molecular weight excluding hydrogens is 529 g/mol. The first-order chi connectivity index (χ1) is 19.1. The van der Waals surface area contributed by atoms with Gasteiger partial charge < -0.3 is 10.2 Å². The number of nitriles is 1. The van der Waals surface area contributed by atoms with Crippen LogP contribution in [0.4, 0.5) is 16.0 Å². The first-order valence-corrected chi connectivity index (χ1v) is 14.4. The van der Waals surface area contributed by atoms with Gasteiger partial charge in [-0.25, -0.2) is 27.8 Å². The molecule has 5 rings (SSSR count). The van der Waals surface area contributed by atoms with Crippen LogP contribution in [0.3, 0.4) is 0 Å². The summed E-state index contributed by atoms with van der Waals surface area (Å²) in [5, 5.41) is 12.6. The molecule has 0 bridgehead atoms. The van der Waals surface area contributed by atoms with Crippen molar-refractivity contribution < 1.29 is 12.8 Å². The summed E-state index contributed by atoms with van der Waals surface area (Å²) in [7, 11) is 0.0231. The number of benzene rings is 1. The topological polar surface area (TPSA) is 124 Å². The second kappa shape index (κ2) is 11.0. The Morgan fingerprint density at radius 3 is 2.60 bits per heavy atom. The Bertz CT molecular complexity index is 1710. The van der Waals surface area contributed by atoms with Gasteiger partial charge in [0.1, 0.15) is 27.9 Å². The highest BCUT2D eigenvalue weighted by Gasteiger charge is 2.23. The molecule has 204 valence electrons. The Labute approximate surface area is 233 Å². The minimum atomic E-state index is -4.22. The predicted octanol–water partition coefficient (Wildman–Crippen LogP) is 4.70. The molecule has 0 spiro atoms. The van der Waals surface area contributed by atoms with Crippen LogP contribution in [0, 0.1) is 36.2 Å². The zero-order chi connectivity index (χ0) is 28.4. The van der Waals surface area contributed by atoms with Gasteiger partial charge in [0, 0.05) is 17.6 Å². The first-order valence-electron chi connectivity index (χ1n) is 12.9. The van der Waals surface area contributed by atoms with Gasteiger partial charge in [-0.15, -0.1) is 0 Å². The molecule has 4 aromatic rings. The molecule has 1 fully saturated rings. The van der Waals surface area contributed by atoms with Crippen LogP contribution < -0.4 is 10.0 Å². The van der Waals surface area contributed by atoms with Gasteiger partial charge in [-0.2, -0.15) is 5.26 Å². The highest BCUT2D eigenvalue weighted by atomic mass is 32.2. The molecule has 40 heavy (non-hydrogen) atoms. The molecule has 1 aliphatic carbocycles. The number of aryl methyl sites for hydroxylation is 1. The Morgan fingerprint density at radius 1 is 1.12 bits per heavy atom. The summed E-state index contributed by atoms with van der Waals surface area (Å²) in [6, 6.07) is 16.1. The molecule has 1 saturated carbocycles. The van der Waals surface area contributed by atoms with Crippen molar-refractivity contribution in [2.45, 2.75) is 49.6 Å². The third kappa shape index (κ3) is 5.67. The number of nitrogens with one attached hydrogen (secondary N) is 2.